The van der Waals surface area contributed by atoms with Crippen molar-refractivity contribution < 1.29 is 60.6 Å². The summed E-state index contributed by atoms with van der Waals surface area (Å²) in [5.41, 5.74) is 0. The van der Waals surface area contributed by atoms with Crippen molar-refractivity contribution in [2.24, 2.45) is 0 Å². The van der Waals surface area contributed by atoms with Crippen LogP contribution >= 0.6 is 0 Å². The van der Waals surface area contributed by atoms with Gasteiger partial charge in [0.15, 0.2) is 6.61 Å². The zero-order valence-electron chi connectivity index (χ0n) is 18.2. The smallest absolute Gasteiger partial charge is 0.485 e. The molecule has 0 bridgehead atoms. The van der Waals surface area contributed by atoms with Crippen molar-refractivity contribution in [2.75, 3.05) is 26.4 Å². The maximum Gasteiger partial charge on any atom is 1.00 e. The van der Waals surface area contributed by atoms with Crippen LogP contribution in [0.1, 0.15) is 59.3 Å². The molecule has 0 heterocycles. The third-order valence-corrected chi connectivity index (χ3v) is 4.76. The Morgan fingerprint density at radius 2 is 1.45 bits per heavy atom. The molecule has 7 nitrogen and oxygen atoms in total. The Morgan fingerprint density at radius 1 is 0.862 bits per heavy atom. The second kappa shape index (κ2) is 16.5. The quantitative estimate of drug-likeness (QED) is 0.206. The molecule has 0 aliphatic carbocycles. The van der Waals surface area contributed by atoms with Gasteiger partial charge >= 0.3 is 45.9 Å². The molecule has 162 valence electrons. The molecule has 0 spiro atoms. The van der Waals surface area contributed by atoms with Gasteiger partial charge in [0.1, 0.15) is 5.75 Å². The Morgan fingerprint density at radius 3 is 2.03 bits per heavy atom. The van der Waals surface area contributed by atoms with Gasteiger partial charge in [0.2, 0.25) is 0 Å². The molecule has 0 aliphatic rings. The number of benzene rings is 1. The number of unbranched alkanes of at least 4 members (excludes halogenated alkanes) is 5. The van der Waals surface area contributed by atoms with E-state index in [1.807, 2.05) is 6.07 Å². The number of hydrogen-bond donors (Lipinski definition) is 0. The summed E-state index contributed by atoms with van der Waals surface area (Å²) in [5.74, 6) is -1.36. The summed E-state index contributed by atoms with van der Waals surface area (Å²) < 4.78 is 51.2. The Kier molecular flexibility index (Phi) is 16.4. The summed E-state index contributed by atoms with van der Waals surface area (Å²) in [5, 5.41) is 0. The molecule has 0 radical (unpaired) electrons. The van der Waals surface area contributed by atoms with Gasteiger partial charge in [-0.2, -0.15) is 12.6 Å². The minimum Gasteiger partial charge on any atom is -0.485 e. The topological polar surface area (TPSA) is 80.3 Å². The van der Waals surface area contributed by atoms with Crippen LogP contribution in [-0.2, 0) is 28.2 Å². The summed E-state index contributed by atoms with van der Waals surface area (Å²) in [6.07, 6.45) is 6.12. The number of para-hydroxylation sites is 1. The molecule has 9 heteroatoms. The zero-order valence-corrected chi connectivity index (χ0v) is 21.0. The first-order valence-corrected chi connectivity index (χ1v) is 11.4. The Bertz CT molecular complexity index is 605. The van der Waals surface area contributed by atoms with E-state index in [0.29, 0.717) is 12.2 Å². The maximum atomic E-state index is 12.3. The summed E-state index contributed by atoms with van der Waals surface area (Å²) in [4.78, 5) is 0. The van der Waals surface area contributed by atoms with Crippen molar-refractivity contribution in [1.82, 2.24) is 0 Å². The SMILES string of the molecule is CCCCCCCCOS(=O)(=O)OC(COc1ccccc1)(OCC)OCC.[Na+]. The zero-order chi connectivity index (χ0) is 20.7. The molecule has 0 fully saturated rings. The van der Waals surface area contributed by atoms with Gasteiger partial charge in [0.25, 0.3) is 0 Å². The van der Waals surface area contributed by atoms with Crippen molar-refractivity contribution in [3.8, 4) is 5.75 Å². The summed E-state index contributed by atoms with van der Waals surface area (Å²) in [6.45, 7) is 5.71. The van der Waals surface area contributed by atoms with Crippen LogP contribution < -0.4 is 34.3 Å². The summed E-state index contributed by atoms with van der Waals surface area (Å²) in [6, 6.07) is 8.94. The number of hydrogen-bond acceptors (Lipinski definition) is 7. The van der Waals surface area contributed by atoms with Gasteiger partial charge in [-0.05, 0) is 32.4 Å². The van der Waals surface area contributed by atoms with Crippen LogP contribution in [0.15, 0.2) is 30.3 Å². The largest absolute Gasteiger partial charge is 1.00 e. The fraction of sp³-hybridized carbons (Fsp3) is 0.700. The van der Waals surface area contributed by atoms with Crippen LogP contribution in [0.3, 0.4) is 0 Å². The predicted molar refractivity (Wildman–Crippen MR) is 107 cm³/mol. The standard InChI is InChI=1S/C20H34O7S.Na/c1-4-7-8-9-10-14-17-26-28(21,22)27-20(24-5-2,25-6-3)18-23-19-15-12-11-13-16-19;/h11-13,15-16H,4-10,14,17-18H2,1-3H3;/q;+1. The third-order valence-electron chi connectivity index (χ3n) is 3.84. The number of rotatable bonds is 17. The van der Waals surface area contributed by atoms with Crippen LogP contribution in [-0.4, -0.2) is 40.8 Å². The van der Waals surface area contributed by atoms with E-state index in [-0.39, 0.29) is 56.0 Å². The van der Waals surface area contributed by atoms with Gasteiger partial charge in [0, 0.05) is 13.2 Å². The van der Waals surface area contributed by atoms with Crippen LogP contribution in [0.2, 0.25) is 0 Å². The van der Waals surface area contributed by atoms with Crippen molar-refractivity contribution in [3.63, 3.8) is 0 Å². The van der Waals surface area contributed by atoms with Crippen molar-refractivity contribution in [2.45, 2.75) is 65.3 Å². The van der Waals surface area contributed by atoms with E-state index in [1.165, 1.54) is 12.8 Å². The van der Waals surface area contributed by atoms with Gasteiger partial charge in [-0.15, -0.1) is 0 Å². The summed E-state index contributed by atoms with van der Waals surface area (Å²) >= 11 is 0. The van der Waals surface area contributed by atoms with E-state index in [4.69, 9.17) is 22.6 Å². The Labute approximate surface area is 198 Å². The van der Waals surface area contributed by atoms with E-state index >= 15 is 0 Å². The van der Waals surface area contributed by atoms with Gasteiger partial charge in [-0.1, -0.05) is 57.2 Å². The normalized spacial score (nSPS) is 11.8. The molecule has 0 unspecified atom stereocenters. The molecule has 1 rings (SSSR count). The Balaban J connectivity index is 0.00000784. The molecule has 0 amide bonds. The van der Waals surface area contributed by atoms with E-state index in [2.05, 4.69) is 6.92 Å². The molecular weight excluding hydrogens is 407 g/mol. The first-order chi connectivity index (χ1) is 13.5. The molecule has 29 heavy (non-hydrogen) atoms. The van der Waals surface area contributed by atoms with Gasteiger partial charge in [0.05, 0.1) is 6.61 Å². The van der Waals surface area contributed by atoms with E-state index in [9.17, 15) is 8.42 Å². The average molecular weight is 442 g/mol. The molecule has 0 atom stereocenters. The van der Waals surface area contributed by atoms with Crippen molar-refractivity contribution in [3.05, 3.63) is 30.3 Å². The molecule has 0 saturated carbocycles. The van der Waals surface area contributed by atoms with Crippen LogP contribution in [0.4, 0.5) is 0 Å². The molecule has 0 saturated heterocycles. The average Bonchev–Trinajstić information content (AvgIpc) is 2.66. The van der Waals surface area contributed by atoms with Crippen LogP contribution in [0, 0.1) is 0 Å². The molecule has 1 aromatic carbocycles. The van der Waals surface area contributed by atoms with E-state index in [1.54, 1.807) is 38.1 Å². The maximum absolute atomic E-state index is 12.3. The number of ether oxygens (including phenoxy) is 3. The predicted octanol–water partition coefficient (Wildman–Crippen LogP) is 1.43. The van der Waals surface area contributed by atoms with Gasteiger partial charge in [-0.3, -0.25) is 0 Å². The minimum absolute atomic E-state index is 0. The first kappa shape index (κ1) is 28.8. The second-order valence-corrected chi connectivity index (χ2v) is 7.45. The van der Waals surface area contributed by atoms with Crippen molar-refractivity contribution >= 4 is 10.4 Å². The molecule has 0 aliphatic heterocycles. The second-order valence-electron chi connectivity index (χ2n) is 6.23. The van der Waals surface area contributed by atoms with Gasteiger partial charge < -0.3 is 14.2 Å². The van der Waals surface area contributed by atoms with Crippen LogP contribution in [0.5, 0.6) is 5.75 Å². The summed E-state index contributed by atoms with van der Waals surface area (Å²) in [7, 11) is -4.32. The fourth-order valence-corrected chi connectivity index (χ4v) is 3.37. The monoisotopic (exact) mass is 441 g/mol. The van der Waals surface area contributed by atoms with E-state index in [0.717, 1.165) is 19.3 Å². The van der Waals surface area contributed by atoms with Crippen molar-refractivity contribution in [1.29, 1.82) is 0 Å². The Hall–Kier alpha value is -0.190. The molecule has 0 aromatic heterocycles. The van der Waals surface area contributed by atoms with Crippen LogP contribution in [0.25, 0.3) is 0 Å². The molecule has 0 N–H and O–H groups in total. The van der Waals surface area contributed by atoms with E-state index < -0.39 is 16.4 Å². The van der Waals surface area contributed by atoms with Gasteiger partial charge in [-0.25, -0.2) is 4.18 Å². The minimum atomic E-state index is -4.32. The molecular formula is C20H34NaO7S+. The first-order valence-electron chi connectivity index (χ1n) is 10.0. The fourth-order valence-electron chi connectivity index (χ4n) is 2.55. The molecule has 1 aromatic rings. The third kappa shape index (κ3) is 13.0.